The molecule has 1 N–H and O–H groups in total. The third kappa shape index (κ3) is 3.69. The summed E-state index contributed by atoms with van der Waals surface area (Å²) < 4.78 is 15.7. The van der Waals surface area contributed by atoms with Gasteiger partial charge in [0.25, 0.3) is 0 Å². The third-order valence-electron chi connectivity index (χ3n) is 3.42. The second-order valence-electron chi connectivity index (χ2n) is 5.04. The molecule has 0 spiro atoms. The summed E-state index contributed by atoms with van der Waals surface area (Å²) >= 11 is 3.44. The topological polar surface area (TPSA) is 55.1 Å². The number of rotatable bonds is 5. The van der Waals surface area contributed by atoms with Crippen molar-refractivity contribution in [2.45, 2.75) is 19.8 Å². The zero-order chi connectivity index (χ0) is 15.6. The number of hydrogen-bond donors (Lipinski definition) is 1. The van der Waals surface area contributed by atoms with Crippen LogP contribution in [0, 0.1) is 18.7 Å². The molecular weight excluding hydrogens is 339 g/mol. The maximum atomic E-state index is 13.2. The van der Waals surface area contributed by atoms with Gasteiger partial charge in [-0.15, -0.1) is 0 Å². The number of carboxylic acid groups (broad SMARTS) is 1. The number of aryl methyl sites for hydroxylation is 2. The number of aromatic nitrogens is 2. The number of carboxylic acids is 1. The van der Waals surface area contributed by atoms with Gasteiger partial charge in [0.15, 0.2) is 0 Å². The van der Waals surface area contributed by atoms with Crippen molar-refractivity contribution >= 4 is 21.9 Å². The van der Waals surface area contributed by atoms with E-state index in [1.807, 2.05) is 6.92 Å². The van der Waals surface area contributed by atoms with Crippen molar-refractivity contribution in [1.82, 2.24) is 9.78 Å². The molecule has 0 saturated carbocycles. The SMILES string of the molecule is Cc1nn(C)c(CC(Cc2cccc(F)c2)C(=O)O)c1Br. The van der Waals surface area contributed by atoms with Crippen LogP contribution in [0.25, 0.3) is 0 Å². The molecule has 2 rings (SSSR count). The molecule has 0 radical (unpaired) electrons. The summed E-state index contributed by atoms with van der Waals surface area (Å²) in [5.74, 6) is -1.88. The van der Waals surface area contributed by atoms with E-state index in [1.165, 1.54) is 12.1 Å². The lowest BCUT2D eigenvalue weighted by atomic mass is 9.94. The van der Waals surface area contributed by atoms with Crippen LogP contribution in [0.1, 0.15) is 17.0 Å². The highest BCUT2D eigenvalue weighted by Crippen LogP contribution is 2.24. The molecule has 1 unspecified atom stereocenters. The largest absolute Gasteiger partial charge is 0.481 e. The van der Waals surface area contributed by atoms with Crippen LogP contribution in [0.2, 0.25) is 0 Å². The number of hydrogen-bond acceptors (Lipinski definition) is 2. The normalized spacial score (nSPS) is 12.4. The number of aliphatic carboxylic acids is 1. The van der Waals surface area contributed by atoms with E-state index in [9.17, 15) is 14.3 Å². The van der Waals surface area contributed by atoms with Gasteiger partial charge < -0.3 is 5.11 Å². The van der Waals surface area contributed by atoms with Gasteiger partial charge in [0.1, 0.15) is 5.82 Å². The van der Waals surface area contributed by atoms with Gasteiger partial charge in [0, 0.05) is 13.5 Å². The molecule has 0 amide bonds. The molecule has 6 heteroatoms. The molecule has 1 aromatic carbocycles. The Labute approximate surface area is 130 Å². The highest BCUT2D eigenvalue weighted by atomic mass is 79.9. The molecule has 1 heterocycles. The number of benzene rings is 1. The Kier molecular flexibility index (Phi) is 4.77. The Hall–Kier alpha value is -1.69. The van der Waals surface area contributed by atoms with E-state index in [1.54, 1.807) is 23.9 Å². The summed E-state index contributed by atoms with van der Waals surface area (Å²) in [5, 5.41) is 13.7. The highest BCUT2D eigenvalue weighted by molar-refractivity contribution is 9.10. The standard InChI is InChI=1S/C15H16BrFN2O2/c1-9-14(16)13(19(2)18-9)8-11(15(20)21)6-10-4-3-5-12(17)7-10/h3-5,7,11H,6,8H2,1-2H3,(H,20,21). The Morgan fingerprint density at radius 3 is 2.71 bits per heavy atom. The number of halogens is 2. The van der Waals surface area contributed by atoms with E-state index in [-0.39, 0.29) is 12.2 Å². The molecule has 0 aliphatic heterocycles. The van der Waals surface area contributed by atoms with E-state index in [0.29, 0.717) is 12.0 Å². The van der Waals surface area contributed by atoms with E-state index in [0.717, 1.165) is 15.9 Å². The fraction of sp³-hybridized carbons (Fsp3) is 0.333. The number of nitrogens with zero attached hydrogens (tertiary/aromatic N) is 2. The predicted molar refractivity (Wildman–Crippen MR) is 80.6 cm³/mol. The molecule has 0 saturated heterocycles. The van der Waals surface area contributed by atoms with Crippen LogP contribution in [-0.2, 0) is 24.7 Å². The minimum Gasteiger partial charge on any atom is -0.481 e. The van der Waals surface area contributed by atoms with Crippen LogP contribution >= 0.6 is 15.9 Å². The van der Waals surface area contributed by atoms with Crippen LogP contribution in [0.15, 0.2) is 28.7 Å². The monoisotopic (exact) mass is 354 g/mol. The molecule has 1 atom stereocenters. The van der Waals surface area contributed by atoms with Crippen molar-refractivity contribution in [3.63, 3.8) is 0 Å². The summed E-state index contributed by atoms with van der Waals surface area (Å²) in [5.41, 5.74) is 2.33. The first-order valence-electron chi connectivity index (χ1n) is 6.53. The Morgan fingerprint density at radius 1 is 1.48 bits per heavy atom. The predicted octanol–water partition coefficient (Wildman–Crippen LogP) is 3.12. The average molecular weight is 355 g/mol. The van der Waals surface area contributed by atoms with Crippen molar-refractivity contribution in [1.29, 1.82) is 0 Å². The van der Waals surface area contributed by atoms with Crippen molar-refractivity contribution < 1.29 is 14.3 Å². The van der Waals surface area contributed by atoms with E-state index >= 15 is 0 Å². The van der Waals surface area contributed by atoms with E-state index in [2.05, 4.69) is 21.0 Å². The average Bonchev–Trinajstić information content (AvgIpc) is 2.64. The lowest BCUT2D eigenvalue weighted by Crippen LogP contribution is -2.20. The minimum atomic E-state index is -0.898. The van der Waals surface area contributed by atoms with E-state index < -0.39 is 11.9 Å². The summed E-state index contributed by atoms with van der Waals surface area (Å²) in [6.45, 7) is 1.86. The van der Waals surface area contributed by atoms with Crippen LogP contribution in [0.3, 0.4) is 0 Å². The first-order valence-corrected chi connectivity index (χ1v) is 7.33. The molecule has 2 aromatic rings. The molecule has 21 heavy (non-hydrogen) atoms. The molecule has 112 valence electrons. The van der Waals surface area contributed by atoms with E-state index in [4.69, 9.17) is 0 Å². The van der Waals surface area contributed by atoms with Gasteiger partial charge in [0.05, 0.1) is 21.8 Å². The fourth-order valence-electron chi connectivity index (χ4n) is 2.33. The molecule has 0 aliphatic carbocycles. The molecule has 0 aliphatic rings. The molecule has 4 nitrogen and oxygen atoms in total. The van der Waals surface area contributed by atoms with Gasteiger partial charge in [0.2, 0.25) is 0 Å². The number of carbonyl (C=O) groups is 1. The molecule has 1 aromatic heterocycles. The molecule has 0 bridgehead atoms. The van der Waals surface area contributed by atoms with Gasteiger partial charge in [-0.25, -0.2) is 4.39 Å². The second-order valence-corrected chi connectivity index (χ2v) is 5.84. The highest BCUT2D eigenvalue weighted by Gasteiger charge is 2.23. The summed E-state index contributed by atoms with van der Waals surface area (Å²) in [6, 6.07) is 6.05. The fourth-order valence-corrected chi connectivity index (χ4v) is 2.83. The lowest BCUT2D eigenvalue weighted by Gasteiger charge is -2.13. The third-order valence-corrected chi connectivity index (χ3v) is 4.45. The van der Waals surface area contributed by atoms with Crippen LogP contribution in [0.4, 0.5) is 4.39 Å². The molecular formula is C15H16BrFN2O2. The van der Waals surface area contributed by atoms with Crippen molar-refractivity contribution in [2.75, 3.05) is 0 Å². The van der Waals surface area contributed by atoms with Crippen molar-refractivity contribution in [2.24, 2.45) is 13.0 Å². The Balaban J connectivity index is 2.22. The Morgan fingerprint density at radius 2 is 2.19 bits per heavy atom. The zero-order valence-electron chi connectivity index (χ0n) is 11.8. The lowest BCUT2D eigenvalue weighted by molar-refractivity contribution is -0.141. The quantitative estimate of drug-likeness (QED) is 0.897. The van der Waals surface area contributed by atoms with Crippen molar-refractivity contribution in [3.8, 4) is 0 Å². The smallest absolute Gasteiger partial charge is 0.307 e. The van der Waals surface area contributed by atoms with Crippen LogP contribution in [0.5, 0.6) is 0 Å². The summed E-state index contributed by atoms with van der Waals surface area (Å²) in [7, 11) is 1.79. The second kappa shape index (κ2) is 6.39. The van der Waals surface area contributed by atoms with Gasteiger partial charge >= 0.3 is 5.97 Å². The first kappa shape index (κ1) is 15.7. The van der Waals surface area contributed by atoms with Gasteiger partial charge in [-0.1, -0.05) is 12.1 Å². The maximum absolute atomic E-state index is 13.2. The maximum Gasteiger partial charge on any atom is 0.307 e. The summed E-state index contributed by atoms with van der Waals surface area (Å²) in [6.07, 6.45) is 0.619. The first-order chi connectivity index (χ1) is 9.88. The zero-order valence-corrected chi connectivity index (χ0v) is 13.4. The van der Waals surface area contributed by atoms with Gasteiger partial charge in [-0.05, 0) is 47.0 Å². The van der Waals surface area contributed by atoms with Gasteiger partial charge in [-0.3, -0.25) is 9.48 Å². The van der Waals surface area contributed by atoms with Gasteiger partial charge in [-0.2, -0.15) is 5.10 Å². The van der Waals surface area contributed by atoms with Crippen LogP contribution in [-0.4, -0.2) is 20.9 Å². The van der Waals surface area contributed by atoms with Crippen LogP contribution < -0.4 is 0 Å². The van der Waals surface area contributed by atoms with Crippen molar-refractivity contribution in [3.05, 3.63) is 51.5 Å². The Bertz CT molecular complexity index is 670. The summed E-state index contributed by atoms with van der Waals surface area (Å²) in [4.78, 5) is 11.5. The molecule has 0 fully saturated rings. The minimum absolute atomic E-state index is 0.282.